The molecule has 0 spiro atoms. The van der Waals surface area contributed by atoms with Crippen LogP contribution in [0.1, 0.15) is 39.0 Å². The summed E-state index contributed by atoms with van der Waals surface area (Å²) in [7, 11) is -4.42. The summed E-state index contributed by atoms with van der Waals surface area (Å²) in [5, 5.41) is 0. The maximum atomic E-state index is 10.6. The van der Waals surface area contributed by atoms with Crippen molar-refractivity contribution >= 4 is 7.82 Å². The second-order valence-electron chi connectivity index (χ2n) is 5.30. The third-order valence-corrected chi connectivity index (χ3v) is 3.74. The minimum absolute atomic E-state index is 0.0793. The molecule has 0 fully saturated rings. The van der Waals surface area contributed by atoms with Crippen LogP contribution in [0.2, 0.25) is 0 Å². The molecular weight excluding hydrogens is 319 g/mol. The lowest BCUT2D eigenvalue weighted by Crippen LogP contribution is -2.24. The van der Waals surface area contributed by atoms with Crippen molar-refractivity contribution < 1.29 is 28.3 Å². The van der Waals surface area contributed by atoms with Gasteiger partial charge in [-0.1, -0.05) is 44.4 Å². The fraction of sp³-hybridized carbons (Fsp3) is 0.625. The number of benzene rings is 1. The lowest BCUT2D eigenvalue weighted by Gasteiger charge is -2.19. The fourth-order valence-corrected chi connectivity index (χ4v) is 2.41. The van der Waals surface area contributed by atoms with E-state index < -0.39 is 7.82 Å². The summed E-state index contributed by atoms with van der Waals surface area (Å²) in [6.45, 7) is 2.51. The first-order valence-corrected chi connectivity index (χ1v) is 9.54. The molecule has 0 amide bonds. The standard InChI is InChI=1S/C16H27O6P/c1-2-3-4-6-11-16(22-15-9-7-5-8-10-15)14-20-12-13-21-23(17,18)19/h5,7-10,16H,2-4,6,11-14H2,1H3,(H2,17,18,19). The van der Waals surface area contributed by atoms with Gasteiger partial charge in [0, 0.05) is 0 Å². The molecular formula is C16H27O6P. The predicted octanol–water partition coefficient (Wildman–Crippen LogP) is 3.53. The molecule has 0 saturated heterocycles. The van der Waals surface area contributed by atoms with Gasteiger partial charge in [0.25, 0.3) is 0 Å². The zero-order valence-electron chi connectivity index (χ0n) is 13.6. The average molecular weight is 346 g/mol. The van der Waals surface area contributed by atoms with E-state index >= 15 is 0 Å². The van der Waals surface area contributed by atoms with Gasteiger partial charge in [0.2, 0.25) is 0 Å². The third-order valence-electron chi connectivity index (χ3n) is 3.22. The Labute approximate surface area is 138 Å². The largest absolute Gasteiger partial charge is 0.488 e. The zero-order chi connectivity index (χ0) is 17.0. The van der Waals surface area contributed by atoms with Crippen molar-refractivity contribution in [1.82, 2.24) is 0 Å². The van der Waals surface area contributed by atoms with Gasteiger partial charge in [0.15, 0.2) is 0 Å². The van der Waals surface area contributed by atoms with Crippen LogP contribution in [-0.2, 0) is 13.8 Å². The number of phosphoric acid groups is 1. The van der Waals surface area contributed by atoms with Gasteiger partial charge in [-0.2, -0.15) is 0 Å². The van der Waals surface area contributed by atoms with Gasteiger partial charge in [-0.15, -0.1) is 0 Å². The Morgan fingerprint density at radius 2 is 1.83 bits per heavy atom. The molecule has 0 aliphatic rings. The summed E-state index contributed by atoms with van der Waals surface area (Å²) in [6, 6.07) is 9.56. The minimum Gasteiger partial charge on any atom is -0.488 e. The molecule has 132 valence electrons. The zero-order valence-corrected chi connectivity index (χ0v) is 14.5. The number of hydrogen-bond donors (Lipinski definition) is 2. The van der Waals surface area contributed by atoms with Gasteiger partial charge >= 0.3 is 7.82 Å². The van der Waals surface area contributed by atoms with E-state index in [1.807, 2.05) is 30.3 Å². The van der Waals surface area contributed by atoms with Gasteiger partial charge < -0.3 is 19.3 Å². The van der Waals surface area contributed by atoms with Crippen LogP contribution < -0.4 is 4.74 Å². The maximum absolute atomic E-state index is 10.6. The molecule has 1 unspecified atom stereocenters. The number of hydrogen-bond acceptors (Lipinski definition) is 4. The van der Waals surface area contributed by atoms with Gasteiger partial charge in [-0.25, -0.2) is 4.57 Å². The summed E-state index contributed by atoms with van der Waals surface area (Å²) in [6.07, 6.45) is 5.41. The molecule has 1 aromatic carbocycles. The van der Waals surface area contributed by atoms with Crippen LogP contribution in [0, 0.1) is 0 Å². The third kappa shape index (κ3) is 11.3. The number of ether oxygens (including phenoxy) is 2. The second kappa shape index (κ2) is 11.6. The van der Waals surface area contributed by atoms with Crippen LogP contribution in [0.3, 0.4) is 0 Å². The van der Waals surface area contributed by atoms with Crippen LogP contribution in [0.5, 0.6) is 5.75 Å². The van der Waals surface area contributed by atoms with E-state index in [2.05, 4.69) is 11.4 Å². The monoisotopic (exact) mass is 346 g/mol. The summed E-state index contributed by atoms with van der Waals surface area (Å²) in [5.74, 6) is 0.794. The van der Waals surface area contributed by atoms with E-state index in [4.69, 9.17) is 19.3 Å². The first-order chi connectivity index (χ1) is 11.0. The molecule has 1 aromatic rings. The van der Waals surface area contributed by atoms with Gasteiger partial charge in [-0.05, 0) is 25.0 Å². The summed E-state index contributed by atoms with van der Waals surface area (Å²) in [4.78, 5) is 17.2. The highest BCUT2D eigenvalue weighted by atomic mass is 31.2. The highest BCUT2D eigenvalue weighted by Crippen LogP contribution is 2.35. The molecule has 0 aromatic heterocycles. The topological polar surface area (TPSA) is 85.2 Å². The molecule has 0 bridgehead atoms. The smallest absolute Gasteiger partial charge is 0.469 e. The molecule has 23 heavy (non-hydrogen) atoms. The molecule has 0 heterocycles. The van der Waals surface area contributed by atoms with E-state index in [-0.39, 0.29) is 19.3 Å². The quantitative estimate of drug-likeness (QED) is 0.420. The van der Waals surface area contributed by atoms with Crippen molar-refractivity contribution in [2.24, 2.45) is 0 Å². The van der Waals surface area contributed by atoms with Crippen molar-refractivity contribution in [3.05, 3.63) is 30.3 Å². The van der Waals surface area contributed by atoms with Crippen LogP contribution in [-0.4, -0.2) is 35.7 Å². The van der Waals surface area contributed by atoms with Gasteiger partial charge in [0.1, 0.15) is 11.9 Å². The molecule has 0 aliphatic carbocycles. The van der Waals surface area contributed by atoms with Crippen molar-refractivity contribution in [1.29, 1.82) is 0 Å². The molecule has 1 atom stereocenters. The van der Waals surface area contributed by atoms with E-state index in [1.54, 1.807) is 0 Å². The highest BCUT2D eigenvalue weighted by Gasteiger charge is 2.14. The minimum atomic E-state index is -4.42. The van der Waals surface area contributed by atoms with E-state index in [0.29, 0.717) is 6.61 Å². The molecule has 0 saturated carbocycles. The lowest BCUT2D eigenvalue weighted by molar-refractivity contribution is 0.0272. The summed E-state index contributed by atoms with van der Waals surface area (Å²) >= 11 is 0. The Morgan fingerprint density at radius 1 is 1.09 bits per heavy atom. The Kier molecular flexibility index (Phi) is 10.2. The fourth-order valence-electron chi connectivity index (χ4n) is 2.10. The molecule has 7 heteroatoms. The number of para-hydroxylation sites is 1. The molecule has 0 radical (unpaired) electrons. The first kappa shape index (κ1) is 20.1. The number of phosphoric ester groups is 1. The molecule has 2 N–H and O–H groups in total. The predicted molar refractivity (Wildman–Crippen MR) is 88.4 cm³/mol. The Hall–Kier alpha value is -0.910. The van der Waals surface area contributed by atoms with Crippen LogP contribution in [0.25, 0.3) is 0 Å². The normalized spacial score (nSPS) is 13.0. The van der Waals surface area contributed by atoms with Crippen molar-refractivity contribution in [3.63, 3.8) is 0 Å². The van der Waals surface area contributed by atoms with Crippen LogP contribution in [0.4, 0.5) is 0 Å². The van der Waals surface area contributed by atoms with Crippen molar-refractivity contribution in [2.45, 2.75) is 45.1 Å². The molecule has 6 nitrogen and oxygen atoms in total. The highest BCUT2D eigenvalue weighted by molar-refractivity contribution is 7.46. The van der Waals surface area contributed by atoms with Crippen LogP contribution >= 0.6 is 7.82 Å². The van der Waals surface area contributed by atoms with Crippen molar-refractivity contribution in [2.75, 3.05) is 19.8 Å². The Morgan fingerprint density at radius 3 is 2.48 bits per heavy atom. The SMILES string of the molecule is CCCCCCC(COCCOP(=O)(O)O)Oc1ccccc1. The van der Waals surface area contributed by atoms with Gasteiger partial charge in [-0.3, -0.25) is 4.52 Å². The Bertz CT molecular complexity index is 447. The summed E-state index contributed by atoms with van der Waals surface area (Å²) < 4.78 is 26.3. The number of unbranched alkanes of at least 4 members (excludes halogenated alkanes) is 3. The van der Waals surface area contributed by atoms with E-state index in [1.165, 1.54) is 12.8 Å². The molecule has 0 aliphatic heterocycles. The Balaban J connectivity index is 2.33. The van der Waals surface area contributed by atoms with E-state index in [9.17, 15) is 4.57 Å². The summed E-state index contributed by atoms with van der Waals surface area (Å²) in [5.41, 5.74) is 0. The average Bonchev–Trinajstić information content (AvgIpc) is 2.51. The first-order valence-electron chi connectivity index (χ1n) is 8.01. The lowest BCUT2D eigenvalue weighted by atomic mass is 10.1. The molecule has 1 rings (SSSR count). The van der Waals surface area contributed by atoms with Gasteiger partial charge in [0.05, 0.1) is 19.8 Å². The van der Waals surface area contributed by atoms with Crippen LogP contribution in [0.15, 0.2) is 30.3 Å². The maximum Gasteiger partial charge on any atom is 0.469 e. The van der Waals surface area contributed by atoms with Crippen molar-refractivity contribution in [3.8, 4) is 5.75 Å². The van der Waals surface area contributed by atoms with E-state index in [0.717, 1.165) is 25.0 Å². The number of rotatable bonds is 13. The second-order valence-corrected chi connectivity index (χ2v) is 6.54.